The number of hydrogen-bond acceptors (Lipinski definition) is 2. The molecule has 3 rings (SSSR count). The van der Waals surface area contributed by atoms with Gasteiger partial charge in [0.25, 0.3) is 0 Å². The highest BCUT2D eigenvalue weighted by atomic mass is 16.3. The quantitative estimate of drug-likeness (QED) is 0.760. The summed E-state index contributed by atoms with van der Waals surface area (Å²) in [6, 6.07) is 21.2. The molecule has 0 saturated carbocycles. The first-order valence-electron chi connectivity index (χ1n) is 7.54. The zero-order valence-corrected chi connectivity index (χ0v) is 13.2. The van der Waals surface area contributed by atoms with Crippen molar-refractivity contribution in [3.63, 3.8) is 0 Å². The Labute approximate surface area is 131 Å². The van der Waals surface area contributed by atoms with E-state index in [1.165, 1.54) is 22.2 Å². The Morgan fingerprint density at radius 3 is 2.00 bits per heavy atom. The smallest absolute Gasteiger partial charge is 0.0762 e. The summed E-state index contributed by atoms with van der Waals surface area (Å²) in [4.78, 5) is 2.10. The van der Waals surface area contributed by atoms with Crippen LogP contribution in [0.15, 0.2) is 60.7 Å². The Balaban J connectivity index is 1.99. The fraction of sp³-hybridized carbons (Fsp3) is 0.200. The first-order chi connectivity index (χ1) is 10.5. The highest BCUT2D eigenvalue weighted by molar-refractivity contribution is 5.88. The maximum absolute atomic E-state index is 9.68. The molecule has 112 valence electrons. The van der Waals surface area contributed by atoms with E-state index in [0.717, 1.165) is 10.9 Å². The first kappa shape index (κ1) is 14.6. The highest BCUT2D eigenvalue weighted by Crippen LogP contribution is 2.27. The summed E-state index contributed by atoms with van der Waals surface area (Å²) in [6.45, 7) is 1.79. The summed E-state index contributed by atoms with van der Waals surface area (Å²) in [7, 11) is 4.09. The van der Waals surface area contributed by atoms with Gasteiger partial charge in [0.05, 0.1) is 6.10 Å². The SMILES string of the molecule is CC(O)c1ccc2cc(-c3ccc(N(C)C)cc3)ccc2c1. The predicted molar refractivity (Wildman–Crippen MR) is 94.3 cm³/mol. The van der Waals surface area contributed by atoms with Crippen molar-refractivity contribution >= 4 is 16.5 Å². The van der Waals surface area contributed by atoms with Crippen LogP contribution in [0.4, 0.5) is 5.69 Å². The van der Waals surface area contributed by atoms with Gasteiger partial charge in [-0.15, -0.1) is 0 Å². The lowest BCUT2D eigenvalue weighted by atomic mass is 9.99. The summed E-state index contributed by atoms with van der Waals surface area (Å²) in [5.41, 5.74) is 4.58. The van der Waals surface area contributed by atoms with Crippen molar-refractivity contribution < 1.29 is 5.11 Å². The van der Waals surface area contributed by atoms with Crippen LogP contribution in [-0.4, -0.2) is 19.2 Å². The molecule has 2 nitrogen and oxygen atoms in total. The van der Waals surface area contributed by atoms with Crippen molar-refractivity contribution in [1.29, 1.82) is 0 Å². The zero-order valence-electron chi connectivity index (χ0n) is 13.2. The maximum atomic E-state index is 9.68. The zero-order chi connectivity index (χ0) is 15.7. The Kier molecular flexibility index (Phi) is 3.86. The van der Waals surface area contributed by atoms with Crippen LogP contribution >= 0.6 is 0 Å². The number of anilines is 1. The molecular weight excluding hydrogens is 270 g/mol. The monoisotopic (exact) mass is 291 g/mol. The second kappa shape index (κ2) is 5.82. The van der Waals surface area contributed by atoms with Crippen LogP contribution < -0.4 is 4.90 Å². The third-order valence-corrected chi connectivity index (χ3v) is 4.06. The minimum atomic E-state index is -0.428. The molecule has 0 heterocycles. The van der Waals surface area contributed by atoms with Crippen LogP contribution in [0.2, 0.25) is 0 Å². The molecule has 1 N–H and O–H groups in total. The van der Waals surface area contributed by atoms with Gasteiger partial charge >= 0.3 is 0 Å². The second-order valence-electron chi connectivity index (χ2n) is 5.94. The number of rotatable bonds is 3. The van der Waals surface area contributed by atoms with Crippen molar-refractivity contribution in [2.45, 2.75) is 13.0 Å². The minimum absolute atomic E-state index is 0.428. The average Bonchev–Trinajstić information content (AvgIpc) is 2.54. The number of aliphatic hydroxyl groups excluding tert-OH is 1. The lowest BCUT2D eigenvalue weighted by molar-refractivity contribution is 0.199. The molecule has 0 aliphatic carbocycles. The van der Waals surface area contributed by atoms with Gasteiger partial charge in [0.1, 0.15) is 0 Å². The Bertz CT molecular complexity index is 788. The van der Waals surface area contributed by atoms with Crippen LogP contribution in [0, 0.1) is 0 Å². The van der Waals surface area contributed by atoms with Crippen molar-refractivity contribution in [2.75, 3.05) is 19.0 Å². The number of fused-ring (bicyclic) bond motifs is 1. The third kappa shape index (κ3) is 2.83. The number of nitrogens with zero attached hydrogens (tertiary/aromatic N) is 1. The van der Waals surface area contributed by atoms with E-state index in [2.05, 4.69) is 59.5 Å². The van der Waals surface area contributed by atoms with Gasteiger partial charge in [0.15, 0.2) is 0 Å². The van der Waals surface area contributed by atoms with Crippen LogP contribution in [0.1, 0.15) is 18.6 Å². The van der Waals surface area contributed by atoms with Crippen molar-refractivity contribution in [3.8, 4) is 11.1 Å². The fourth-order valence-corrected chi connectivity index (χ4v) is 2.66. The summed E-state index contributed by atoms with van der Waals surface area (Å²) in [5.74, 6) is 0. The molecule has 0 aliphatic heterocycles. The van der Waals surface area contributed by atoms with E-state index in [0.29, 0.717) is 0 Å². The molecule has 0 amide bonds. The summed E-state index contributed by atoms with van der Waals surface area (Å²) >= 11 is 0. The molecule has 3 aromatic carbocycles. The number of aliphatic hydroxyl groups is 1. The van der Waals surface area contributed by atoms with Crippen molar-refractivity contribution in [2.24, 2.45) is 0 Å². The van der Waals surface area contributed by atoms with Crippen LogP contribution in [0.5, 0.6) is 0 Å². The van der Waals surface area contributed by atoms with Crippen molar-refractivity contribution in [3.05, 3.63) is 66.2 Å². The molecule has 1 atom stereocenters. The normalized spacial score (nSPS) is 12.4. The maximum Gasteiger partial charge on any atom is 0.0762 e. The highest BCUT2D eigenvalue weighted by Gasteiger charge is 2.04. The van der Waals surface area contributed by atoms with Gasteiger partial charge in [0, 0.05) is 19.8 Å². The van der Waals surface area contributed by atoms with Gasteiger partial charge in [-0.2, -0.15) is 0 Å². The lowest BCUT2D eigenvalue weighted by Crippen LogP contribution is -2.07. The Morgan fingerprint density at radius 2 is 1.36 bits per heavy atom. The van der Waals surface area contributed by atoms with Crippen LogP contribution in [0.25, 0.3) is 21.9 Å². The van der Waals surface area contributed by atoms with E-state index < -0.39 is 6.10 Å². The largest absolute Gasteiger partial charge is 0.389 e. The molecule has 3 aromatic rings. The molecule has 0 bridgehead atoms. The lowest BCUT2D eigenvalue weighted by Gasteiger charge is -2.13. The molecule has 0 saturated heterocycles. The third-order valence-electron chi connectivity index (χ3n) is 4.06. The van der Waals surface area contributed by atoms with Gasteiger partial charge in [-0.05, 0) is 58.7 Å². The molecule has 0 radical (unpaired) electrons. The standard InChI is InChI=1S/C20H21NO/c1-14(22)16-4-5-19-13-17(6-7-18(19)12-16)15-8-10-20(11-9-15)21(2)3/h4-14,22H,1-3H3. The van der Waals surface area contributed by atoms with E-state index in [-0.39, 0.29) is 0 Å². The summed E-state index contributed by atoms with van der Waals surface area (Å²) in [6.07, 6.45) is -0.428. The number of benzene rings is 3. The van der Waals surface area contributed by atoms with Gasteiger partial charge < -0.3 is 10.0 Å². The predicted octanol–water partition coefficient (Wildman–Crippen LogP) is 4.63. The van der Waals surface area contributed by atoms with E-state index in [1.54, 1.807) is 6.92 Å². The molecular formula is C20H21NO. The van der Waals surface area contributed by atoms with Gasteiger partial charge in [-0.3, -0.25) is 0 Å². The molecule has 0 spiro atoms. The Hall–Kier alpha value is -2.32. The average molecular weight is 291 g/mol. The minimum Gasteiger partial charge on any atom is -0.389 e. The summed E-state index contributed by atoms with van der Waals surface area (Å²) in [5, 5.41) is 12.0. The van der Waals surface area contributed by atoms with Gasteiger partial charge in [0.2, 0.25) is 0 Å². The van der Waals surface area contributed by atoms with Crippen LogP contribution in [0.3, 0.4) is 0 Å². The van der Waals surface area contributed by atoms with E-state index in [4.69, 9.17) is 0 Å². The fourth-order valence-electron chi connectivity index (χ4n) is 2.66. The second-order valence-corrected chi connectivity index (χ2v) is 5.94. The van der Waals surface area contributed by atoms with Gasteiger partial charge in [-0.25, -0.2) is 0 Å². The molecule has 0 aromatic heterocycles. The summed E-state index contributed by atoms with van der Waals surface area (Å²) < 4.78 is 0. The van der Waals surface area contributed by atoms with E-state index >= 15 is 0 Å². The molecule has 0 fully saturated rings. The molecule has 22 heavy (non-hydrogen) atoms. The molecule has 2 heteroatoms. The van der Waals surface area contributed by atoms with Gasteiger partial charge in [-0.1, -0.05) is 36.4 Å². The van der Waals surface area contributed by atoms with Crippen molar-refractivity contribution in [1.82, 2.24) is 0 Å². The Morgan fingerprint density at radius 1 is 0.773 bits per heavy atom. The number of hydrogen-bond donors (Lipinski definition) is 1. The van der Waals surface area contributed by atoms with E-state index in [1.807, 2.05) is 20.2 Å². The topological polar surface area (TPSA) is 23.5 Å². The van der Waals surface area contributed by atoms with Crippen LogP contribution in [-0.2, 0) is 0 Å². The molecule has 0 aliphatic rings. The first-order valence-corrected chi connectivity index (χ1v) is 7.54. The molecule has 1 unspecified atom stereocenters. The van der Waals surface area contributed by atoms with E-state index in [9.17, 15) is 5.11 Å².